The number of anilines is 1. The molecule has 0 spiro atoms. The molecule has 6 heteroatoms. The summed E-state index contributed by atoms with van der Waals surface area (Å²) in [4.78, 5) is 18.1. The Morgan fingerprint density at radius 3 is 2.52 bits per heavy atom. The maximum atomic E-state index is 5.58. The first-order chi connectivity index (χ1) is 12.1. The number of aryl methyl sites for hydroxylation is 1. The van der Waals surface area contributed by atoms with Gasteiger partial charge in [0.2, 0.25) is 0 Å². The van der Waals surface area contributed by atoms with Gasteiger partial charge < -0.3 is 14.2 Å². The van der Waals surface area contributed by atoms with Gasteiger partial charge in [0, 0.05) is 57.8 Å². The van der Waals surface area contributed by atoms with Crippen molar-refractivity contribution in [2.45, 2.75) is 33.1 Å². The minimum atomic E-state index is 0.444. The molecule has 2 aliphatic rings. The fraction of sp³-hybridized carbons (Fsp3) is 0.632. The summed E-state index contributed by atoms with van der Waals surface area (Å²) in [6.45, 7) is 11.9. The van der Waals surface area contributed by atoms with Crippen molar-refractivity contribution >= 4 is 5.82 Å². The lowest BCUT2D eigenvalue weighted by Crippen LogP contribution is -2.30. The highest BCUT2D eigenvalue weighted by Gasteiger charge is 2.40. The quantitative estimate of drug-likeness (QED) is 0.833. The lowest BCUT2D eigenvalue weighted by molar-refractivity contribution is 0.309. The molecule has 0 saturated carbocycles. The Morgan fingerprint density at radius 1 is 1.12 bits per heavy atom. The number of hydrogen-bond donors (Lipinski definition) is 0. The molecule has 0 N–H and O–H groups in total. The molecular weight excluding hydrogens is 314 g/mol. The monoisotopic (exact) mass is 341 g/mol. The minimum Gasteiger partial charge on any atom is -0.446 e. The second kappa shape index (κ2) is 6.75. The summed E-state index contributed by atoms with van der Waals surface area (Å²) in [5.41, 5.74) is 1.13. The number of nitrogens with zero attached hydrogens (tertiary/aromatic N) is 5. The van der Waals surface area contributed by atoms with E-state index in [9.17, 15) is 0 Å². The third-order valence-electron chi connectivity index (χ3n) is 5.49. The fourth-order valence-electron chi connectivity index (χ4n) is 4.10. The van der Waals surface area contributed by atoms with Gasteiger partial charge in [-0.2, -0.15) is 0 Å². The molecule has 134 valence electrons. The molecule has 0 amide bonds. The van der Waals surface area contributed by atoms with Gasteiger partial charge in [-0.1, -0.05) is 13.8 Å². The summed E-state index contributed by atoms with van der Waals surface area (Å²) < 4.78 is 5.58. The molecule has 2 aliphatic heterocycles. The van der Waals surface area contributed by atoms with E-state index in [4.69, 9.17) is 4.42 Å². The molecule has 4 rings (SSSR count). The first kappa shape index (κ1) is 16.5. The predicted molar refractivity (Wildman–Crippen MR) is 96.7 cm³/mol. The first-order valence-corrected chi connectivity index (χ1v) is 9.29. The maximum absolute atomic E-state index is 5.58. The van der Waals surface area contributed by atoms with E-state index < -0.39 is 0 Å². The summed E-state index contributed by atoms with van der Waals surface area (Å²) in [7, 11) is 0. The Bertz CT molecular complexity index is 714. The van der Waals surface area contributed by atoms with Gasteiger partial charge in [-0.3, -0.25) is 0 Å². The fourth-order valence-corrected chi connectivity index (χ4v) is 4.10. The maximum Gasteiger partial charge on any atom is 0.191 e. The van der Waals surface area contributed by atoms with E-state index in [1.54, 1.807) is 6.33 Å². The van der Waals surface area contributed by atoms with Crippen LogP contribution in [0.5, 0.6) is 0 Å². The van der Waals surface area contributed by atoms with E-state index in [0.717, 1.165) is 61.1 Å². The SMILES string of the molecule is Cc1ncc(CCN2CC3CN(c4cc(C(C)C)ncn4)CC3C2)o1. The molecule has 2 aromatic heterocycles. The van der Waals surface area contributed by atoms with Crippen molar-refractivity contribution in [3.8, 4) is 0 Å². The Kier molecular flexibility index (Phi) is 4.46. The standard InChI is InChI=1S/C19H27N5O/c1-13(2)18-6-19(22-12-21-18)24-10-15-8-23(9-16(15)11-24)5-4-17-7-20-14(3)25-17/h6-7,12-13,15-16H,4-5,8-11H2,1-3H3. The van der Waals surface area contributed by atoms with Crippen LogP contribution >= 0.6 is 0 Å². The van der Waals surface area contributed by atoms with Gasteiger partial charge >= 0.3 is 0 Å². The van der Waals surface area contributed by atoms with Crippen molar-refractivity contribution in [3.05, 3.63) is 35.9 Å². The number of rotatable bonds is 5. The molecule has 2 atom stereocenters. The lowest BCUT2D eigenvalue weighted by Gasteiger charge is -2.22. The van der Waals surface area contributed by atoms with Gasteiger partial charge in [0.1, 0.15) is 17.9 Å². The van der Waals surface area contributed by atoms with Gasteiger partial charge in [-0.15, -0.1) is 0 Å². The topological polar surface area (TPSA) is 58.3 Å². The number of aromatic nitrogens is 3. The molecule has 4 heterocycles. The third-order valence-corrected chi connectivity index (χ3v) is 5.49. The zero-order valence-electron chi connectivity index (χ0n) is 15.4. The first-order valence-electron chi connectivity index (χ1n) is 9.29. The summed E-state index contributed by atoms with van der Waals surface area (Å²) in [5, 5.41) is 0. The van der Waals surface area contributed by atoms with E-state index in [1.807, 2.05) is 13.1 Å². The lowest BCUT2D eigenvalue weighted by atomic mass is 10.0. The predicted octanol–water partition coefficient (Wildman–Crippen LogP) is 2.51. The van der Waals surface area contributed by atoms with Crippen molar-refractivity contribution in [2.75, 3.05) is 37.6 Å². The van der Waals surface area contributed by atoms with Crippen LogP contribution in [0, 0.1) is 18.8 Å². The van der Waals surface area contributed by atoms with Crippen LogP contribution in [-0.4, -0.2) is 52.6 Å². The van der Waals surface area contributed by atoms with E-state index >= 15 is 0 Å². The van der Waals surface area contributed by atoms with Crippen LogP contribution in [0.25, 0.3) is 0 Å². The molecule has 6 nitrogen and oxygen atoms in total. The van der Waals surface area contributed by atoms with Gasteiger partial charge in [0.15, 0.2) is 5.89 Å². The van der Waals surface area contributed by atoms with Crippen LogP contribution in [0.4, 0.5) is 5.82 Å². The smallest absolute Gasteiger partial charge is 0.191 e. The third kappa shape index (κ3) is 3.54. The second-order valence-corrected chi connectivity index (χ2v) is 7.74. The van der Waals surface area contributed by atoms with Crippen LogP contribution in [-0.2, 0) is 6.42 Å². The van der Waals surface area contributed by atoms with Crippen LogP contribution < -0.4 is 4.90 Å². The highest BCUT2D eigenvalue weighted by molar-refractivity contribution is 5.41. The molecule has 2 aromatic rings. The number of fused-ring (bicyclic) bond motifs is 1. The highest BCUT2D eigenvalue weighted by Crippen LogP contribution is 2.33. The molecule has 2 fully saturated rings. The molecule has 2 unspecified atom stereocenters. The summed E-state index contributed by atoms with van der Waals surface area (Å²) in [6, 6.07) is 2.16. The molecular formula is C19H27N5O. The Labute approximate surface area is 149 Å². The largest absolute Gasteiger partial charge is 0.446 e. The molecule has 0 aromatic carbocycles. The number of hydrogen-bond acceptors (Lipinski definition) is 6. The Hall–Kier alpha value is -1.95. The van der Waals surface area contributed by atoms with Crippen LogP contribution in [0.3, 0.4) is 0 Å². The molecule has 25 heavy (non-hydrogen) atoms. The van der Waals surface area contributed by atoms with Crippen LogP contribution in [0.1, 0.15) is 37.1 Å². The van der Waals surface area contributed by atoms with Crippen molar-refractivity contribution < 1.29 is 4.42 Å². The van der Waals surface area contributed by atoms with Crippen molar-refractivity contribution in [1.29, 1.82) is 0 Å². The van der Waals surface area contributed by atoms with Crippen molar-refractivity contribution in [1.82, 2.24) is 19.9 Å². The summed E-state index contributed by atoms with van der Waals surface area (Å²) in [5.74, 6) is 4.78. The summed E-state index contributed by atoms with van der Waals surface area (Å²) in [6.07, 6.45) is 4.52. The Morgan fingerprint density at radius 2 is 1.88 bits per heavy atom. The van der Waals surface area contributed by atoms with Gasteiger partial charge in [-0.25, -0.2) is 15.0 Å². The average molecular weight is 341 g/mol. The van der Waals surface area contributed by atoms with Crippen molar-refractivity contribution in [3.63, 3.8) is 0 Å². The van der Waals surface area contributed by atoms with E-state index in [0.29, 0.717) is 5.92 Å². The summed E-state index contributed by atoms with van der Waals surface area (Å²) >= 11 is 0. The highest BCUT2D eigenvalue weighted by atomic mass is 16.3. The van der Waals surface area contributed by atoms with Crippen molar-refractivity contribution in [2.24, 2.45) is 11.8 Å². The number of oxazole rings is 1. The van der Waals surface area contributed by atoms with Gasteiger partial charge in [-0.05, 0) is 17.8 Å². The van der Waals surface area contributed by atoms with E-state index in [2.05, 4.69) is 44.7 Å². The van der Waals surface area contributed by atoms with E-state index in [-0.39, 0.29) is 0 Å². The van der Waals surface area contributed by atoms with Gasteiger partial charge in [0.05, 0.1) is 6.20 Å². The Balaban J connectivity index is 1.32. The van der Waals surface area contributed by atoms with Crippen LogP contribution in [0.2, 0.25) is 0 Å². The van der Waals surface area contributed by atoms with Crippen LogP contribution in [0.15, 0.2) is 23.0 Å². The van der Waals surface area contributed by atoms with Gasteiger partial charge in [0.25, 0.3) is 0 Å². The molecule has 0 bridgehead atoms. The minimum absolute atomic E-state index is 0.444. The molecule has 2 saturated heterocycles. The molecule has 0 radical (unpaired) electrons. The second-order valence-electron chi connectivity index (χ2n) is 7.74. The average Bonchev–Trinajstić information content (AvgIpc) is 3.27. The molecule has 0 aliphatic carbocycles. The zero-order chi connectivity index (χ0) is 17.4. The zero-order valence-corrected chi connectivity index (χ0v) is 15.4. The van der Waals surface area contributed by atoms with E-state index in [1.165, 1.54) is 13.1 Å². The number of likely N-dealkylation sites (tertiary alicyclic amines) is 1. The normalized spacial score (nSPS) is 23.6.